The van der Waals surface area contributed by atoms with Gasteiger partial charge < -0.3 is 14.2 Å². The number of benzene rings is 2. The maximum Gasteiger partial charge on any atom is 0.133 e. The fourth-order valence-corrected chi connectivity index (χ4v) is 2.09. The molecule has 0 saturated carbocycles. The molecule has 0 aliphatic heterocycles. The van der Waals surface area contributed by atoms with Gasteiger partial charge in [0, 0.05) is 6.07 Å². The van der Waals surface area contributed by atoms with Crippen LogP contribution in [0, 0.1) is 0 Å². The second kappa shape index (κ2) is 7.80. The second-order valence-corrected chi connectivity index (χ2v) is 4.89. The molecule has 0 aromatic heterocycles. The van der Waals surface area contributed by atoms with Crippen LogP contribution in [0.4, 0.5) is 0 Å². The van der Waals surface area contributed by atoms with E-state index in [1.165, 1.54) is 0 Å². The van der Waals surface area contributed by atoms with Crippen molar-refractivity contribution in [3.8, 4) is 17.2 Å². The van der Waals surface area contributed by atoms with Gasteiger partial charge in [-0.25, -0.2) is 0 Å². The Morgan fingerprint density at radius 1 is 0.850 bits per heavy atom. The minimum atomic E-state index is 0.483. The highest BCUT2D eigenvalue weighted by molar-refractivity contribution is 9.10. The van der Waals surface area contributed by atoms with Crippen molar-refractivity contribution in [2.75, 3.05) is 19.8 Å². The minimum Gasteiger partial charge on any atom is -0.494 e. The minimum absolute atomic E-state index is 0.483. The molecular formula is C16H17BrO3. The van der Waals surface area contributed by atoms with E-state index in [2.05, 4.69) is 15.9 Å². The predicted molar refractivity (Wildman–Crippen MR) is 82.7 cm³/mol. The average molecular weight is 337 g/mol. The molecule has 3 nitrogen and oxygen atoms in total. The zero-order valence-electron chi connectivity index (χ0n) is 11.3. The van der Waals surface area contributed by atoms with Crippen LogP contribution in [-0.2, 0) is 0 Å². The van der Waals surface area contributed by atoms with E-state index < -0.39 is 0 Å². The summed E-state index contributed by atoms with van der Waals surface area (Å²) in [5, 5.41) is 0. The van der Waals surface area contributed by atoms with Gasteiger partial charge in [-0.3, -0.25) is 0 Å². The van der Waals surface area contributed by atoms with Crippen molar-refractivity contribution in [3.63, 3.8) is 0 Å². The predicted octanol–water partition coefficient (Wildman–Crippen LogP) is 4.31. The summed E-state index contributed by atoms with van der Waals surface area (Å²) < 4.78 is 17.6. The van der Waals surface area contributed by atoms with Gasteiger partial charge in [-0.2, -0.15) is 0 Å². The number of rotatable bonds is 7. The van der Waals surface area contributed by atoms with Crippen molar-refractivity contribution in [2.45, 2.75) is 6.92 Å². The molecule has 20 heavy (non-hydrogen) atoms. The molecule has 0 aliphatic rings. The third-order valence-electron chi connectivity index (χ3n) is 2.56. The van der Waals surface area contributed by atoms with Crippen LogP contribution >= 0.6 is 15.9 Å². The van der Waals surface area contributed by atoms with Gasteiger partial charge in [0.15, 0.2) is 0 Å². The number of ether oxygens (including phenoxy) is 3. The van der Waals surface area contributed by atoms with Crippen molar-refractivity contribution < 1.29 is 14.2 Å². The normalized spacial score (nSPS) is 10.1. The van der Waals surface area contributed by atoms with E-state index in [0.29, 0.717) is 19.8 Å². The fraction of sp³-hybridized carbons (Fsp3) is 0.250. The molecule has 2 aromatic carbocycles. The van der Waals surface area contributed by atoms with Gasteiger partial charge in [0.05, 0.1) is 11.1 Å². The van der Waals surface area contributed by atoms with Crippen LogP contribution in [0.15, 0.2) is 53.0 Å². The first-order chi connectivity index (χ1) is 9.79. The summed E-state index contributed by atoms with van der Waals surface area (Å²) in [7, 11) is 0. The van der Waals surface area contributed by atoms with E-state index in [-0.39, 0.29) is 0 Å². The molecular weight excluding hydrogens is 320 g/mol. The number of hydrogen-bond donors (Lipinski definition) is 0. The van der Waals surface area contributed by atoms with Crippen molar-refractivity contribution in [3.05, 3.63) is 53.0 Å². The Morgan fingerprint density at radius 3 is 2.30 bits per heavy atom. The van der Waals surface area contributed by atoms with Gasteiger partial charge >= 0.3 is 0 Å². The Labute approximate surface area is 127 Å². The van der Waals surface area contributed by atoms with Crippen LogP contribution in [0.25, 0.3) is 0 Å². The summed E-state index contributed by atoms with van der Waals surface area (Å²) in [5.74, 6) is 2.42. The van der Waals surface area contributed by atoms with Gasteiger partial charge in [-0.05, 0) is 47.1 Å². The summed E-state index contributed by atoms with van der Waals surface area (Å²) >= 11 is 3.44. The molecule has 0 amide bonds. The topological polar surface area (TPSA) is 27.7 Å². The first-order valence-electron chi connectivity index (χ1n) is 6.52. The van der Waals surface area contributed by atoms with E-state index in [1.807, 2.05) is 55.5 Å². The van der Waals surface area contributed by atoms with E-state index in [9.17, 15) is 0 Å². The fourth-order valence-electron chi connectivity index (χ4n) is 1.69. The smallest absolute Gasteiger partial charge is 0.133 e. The Kier molecular flexibility index (Phi) is 5.74. The zero-order valence-corrected chi connectivity index (χ0v) is 12.9. The molecule has 4 heteroatoms. The van der Waals surface area contributed by atoms with Crippen LogP contribution in [0.1, 0.15) is 6.92 Å². The quantitative estimate of drug-likeness (QED) is 0.705. The third kappa shape index (κ3) is 4.46. The highest BCUT2D eigenvalue weighted by Gasteiger charge is 2.00. The van der Waals surface area contributed by atoms with E-state index >= 15 is 0 Å². The first-order valence-corrected chi connectivity index (χ1v) is 7.32. The van der Waals surface area contributed by atoms with Gasteiger partial charge in [0.2, 0.25) is 0 Å². The molecule has 0 aliphatic carbocycles. The van der Waals surface area contributed by atoms with Crippen molar-refractivity contribution in [1.29, 1.82) is 0 Å². The summed E-state index contributed by atoms with van der Waals surface area (Å²) in [6, 6.07) is 15.4. The molecule has 0 heterocycles. The van der Waals surface area contributed by atoms with E-state index in [4.69, 9.17) is 14.2 Å². The monoisotopic (exact) mass is 336 g/mol. The van der Waals surface area contributed by atoms with Crippen LogP contribution < -0.4 is 14.2 Å². The highest BCUT2D eigenvalue weighted by Crippen LogP contribution is 2.24. The molecule has 2 aromatic rings. The molecule has 0 bridgehead atoms. The van der Waals surface area contributed by atoms with Crippen LogP contribution in [0.5, 0.6) is 17.2 Å². The number of halogens is 1. The Morgan fingerprint density at radius 2 is 1.55 bits per heavy atom. The summed E-state index contributed by atoms with van der Waals surface area (Å²) in [6.45, 7) is 3.58. The first kappa shape index (κ1) is 14.7. The lowest BCUT2D eigenvalue weighted by molar-refractivity contribution is 0.215. The van der Waals surface area contributed by atoms with Gasteiger partial charge in [0.1, 0.15) is 30.5 Å². The average Bonchev–Trinajstić information content (AvgIpc) is 2.46. The molecule has 106 valence electrons. The number of hydrogen-bond acceptors (Lipinski definition) is 3. The summed E-state index contributed by atoms with van der Waals surface area (Å²) in [4.78, 5) is 0. The van der Waals surface area contributed by atoms with Crippen LogP contribution in [0.3, 0.4) is 0 Å². The molecule has 0 radical (unpaired) electrons. The largest absolute Gasteiger partial charge is 0.494 e. The molecule has 0 spiro atoms. The van der Waals surface area contributed by atoms with Crippen LogP contribution in [-0.4, -0.2) is 19.8 Å². The number of para-hydroxylation sites is 1. The van der Waals surface area contributed by atoms with Gasteiger partial charge in [-0.15, -0.1) is 0 Å². The molecule has 2 rings (SSSR count). The third-order valence-corrected chi connectivity index (χ3v) is 3.22. The molecule has 0 unspecified atom stereocenters. The van der Waals surface area contributed by atoms with E-state index in [0.717, 1.165) is 21.7 Å². The van der Waals surface area contributed by atoms with Crippen LogP contribution in [0.2, 0.25) is 0 Å². The van der Waals surface area contributed by atoms with E-state index in [1.54, 1.807) is 0 Å². The van der Waals surface area contributed by atoms with Crippen molar-refractivity contribution in [2.24, 2.45) is 0 Å². The summed E-state index contributed by atoms with van der Waals surface area (Å²) in [6.07, 6.45) is 0. The highest BCUT2D eigenvalue weighted by atomic mass is 79.9. The maximum absolute atomic E-state index is 5.63. The Bertz CT molecular complexity index is 543. The molecule has 0 fully saturated rings. The lowest BCUT2D eigenvalue weighted by atomic mass is 10.3. The molecule has 0 N–H and O–H groups in total. The van der Waals surface area contributed by atoms with Crippen molar-refractivity contribution >= 4 is 15.9 Å². The lowest BCUT2D eigenvalue weighted by Crippen LogP contribution is -2.09. The lowest BCUT2D eigenvalue weighted by Gasteiger charge is -2.10. The maximum atomic E-state index is 5.63. The second-order valence-electron chi connectivity index (χ2n) is 4.04. The summed E-state index contributed by atoms with van der Waals surface area (Å²) in [5.41, 5.74) is 0. The van der Waals surface area contributed by atoms with Gasteiger partial charge in [0.25, 0.3) is 0 Å². The Balaban J connectivity index is 1.78. The zero-order chi connectivity index (χ0) is 14.2. The Hall–Kier alpha value is -1.68. The van der Waals surface area contributed by atoms with Gasteiger partial charge in [-0.1, -0.05) is 18.2 Å². The van der Waals surface area contributed by atoms with Crippen molar-refractivity contribution in [1.82, 2.24) is 0 Å². The molecule has 0 atom stereocenters. The SMILES string of the molecule is CCOc1cccc(OCCOc2ccccc2Br)c1. The molecule has 0 saturated heterocycles. The standard InChI is InChI=1S/C16H17BrO3/c1-2-18-13-6-5-7-14(12-13)19-10-11-20-16-9-4-3-8-15(16)17/h3-9,12H,2,10-11H2,1H3.